The number of nitrogens with zero attached hydrogens (tertiary/aromatic N) is 2. The zero-order valence-corrected chi connectivity index (χ0v) is 12.2. The molecule has 0 spiro atoms. The van der Waals surface area contributed by atoms with Crippen LogP contribution in [-0.4, -0.2) is 15.8 Å². The number of aryl methyl sites for hydroxylation is 2. The minimum Gasteiger partial charge on any atom is -0.333 e. The first kappa shape index (κ1) is 13.7. The number of hydrogen-bond acceptors (Lipinski definition) is 2. The second kappa shape index (κ2) is 5.99. The molecule has 1 heterocycles. The summed E-state index contributed by atoms with van der Waals surface area (Å²) in [7, 11) is 1.87. The number of benzene rings is 1. The highest BCUT2D eigenvalue weighted by Gasteiger charge is 2.21. The zero-order valence-electron chi connectivity index (χ0n) is 12.2. The first-order valence-corrected chi connectivity index (χ1v) is 7.33. The van der Waals surface area contributed by atoms with Crippen molar-refractivity contribution < 1.29 is 4.79 Å². The number of nitrogens with one attached hydrogen (secondary N) is 2. The Hall–Kier alpha value is -2.30. The third kappa shape index (κ3) is 3.07. The largest absolute Gasteiger partial charge is 0.333 e. The number of carbonyl (C=O) groups is 1. The fraction of sp³-hybridized carbons (Fsp3) is 0.375. The summed E-state index contributed by atoms with van der Waals surface area (Å²) in [5, 5.41) is 10.1. The molecule has 0 bridgehead atoms. The van der Waals surface area contributed by atoms with E-state index >= 15 is 0 Å². The summed E-state index contributed by atoms with van der Waals surface area (Å²) < 4.78 is 1.76. The van der Waals surface area contributed by atoms with Crippen molar-refractivity contribution in [1.29, 1.82) is 0 Å². The molecule has 3 rings (SSSR count). The molecule has 5 heteroatoms. The van der Waals surface area contributed by atoms with Gasteiger partial charge in [0, 0.05) is 13.2 Å². The van der Waals surface area contributed by atoms with Crippen LogP contribution in [0.5, 0.6) is 0 Å². The molecule has 2 aromatic rings. The fourth-order valence-corrected chi connectivity index (χ4v) is 2.86. The monoisotopic (exact) mass is 284 g/mol. The molecule has 1 aliphatic rings. The van der Waals surface area contributed by atoms with Crippen LogP contribution in [0.25, 0.3) is 0 Å². The van der Waals surface area contributed by atoms with Gasteiger partial charge in [0.25, 0.3) is 0 Å². The van der Waals surface area contributed by atoms with Crippen LogP contribution in [0.4, 0.5) is 4.79 Å². The van der Waals surface area contributed by atoms with E-state index in [9.17, 15) is 4.79 Å². The van der Waals surface area contributed by atoms with Crippen LogP contribution in [0.1, 0.15) is 35.7 Å². The van der Waals surface area contributed by atoms with Gasteiger partial charge in [-0.15, -0.1) is 0 Å². The topological polar surface area (TPSA) is 59.0 Å². The maximum Gasteiger partial charge on any atom is 0.315 e. The molecule has 5 nitrogen and oxygen atoms in total. The predicted octanol–water partition coefficient (Wildman–Crippen LogP) is 2.30. The van der Waals surface area contributed by atoms with E-state index in [4.69, 9.17) is 0 Å². The van der Waals surface area contributed by atoms with Gasteiger partial charge in [0.05, 0.1) is 18.3 Å². The average molecular weight is 284 g/mol. The molecule has 1 aliphatic carbocycles. The molecule has 0 aliphatic heterocycles. The average Bonchev–Trinajstić information content (AvgIpc) is 2.91. The SMILES string of the molecule is Cn1nccc1CNC(=O)NC1CCCc2ccccc21. The van der Waals surface area contributed by atoms with Crippen LogP contribution >= 0.6 is 0 Å². The molecule has 1 unspecified atom stereocenters. The number of hydrogen-bond donors (Lipinski definition) is 2. The lowest BCUT2D eigenvalue weighted by atomic mass is 9.88. The van der Waals surface area contributed by atoms with Crippen molar-refractivity contribution in [3.8, 4) is 0 Å². The maximum absolute atomic E-state index is 12.1. The van der Waals surface area contributed by atoms with Gasteiger partial charge in [-0.3, -0.25) is 4.68 Å². The molecule has 0 saturated carbocycles. The van der Waals surface area contributed by atoms with E-state index in [-0.39, 0.29) is 12.1 Å². The Kier molecular flexibility index (Phi) is 3.90. The van der Waals surface area contributed by atoms with Gasteiger partial charge in [-0.25, -0.2) is 4.79 Å². The second-order valence-corrected chi connectivity index (χ2v) is 5.42. The van der Waals surface area contributed by atoms with Crippen molar-refractivity contribution in [2.45, 2.75) is 31.8 Å². The minimum atomic E-state index is -0.127. The van der Waals surface area contributed by atoms with E-state index in [1.165, 1.54) is 11.1 Å². The lowest BCUT2D eigenvalue weighted by Gasteiger charge is -2.26. The summed E-state index contributed by atoms with van der Waals surface area (Å²) in [6.07, 6.45) is 4.94. The molecular formula is C16H20N4O. The molecule has 0 saturated heterocycles. The number of carbonyl (C=O) groups excluding carboxylic acids is 1. The van der Waals surface area contributed by atoms with E-state index in [0.717, 1.165) is 25.0 Å². The molecule has 2 amide bonds. The summed E-state index contributed by atoms with van der Waals surface area (Å²) in [5.41, 5.74) is 3.58. The Bertz CT molecular complexity index is 635. The van der Waals surface area contributed by atoms with Crippen LogP contribution in [0.15, 0.2) is 36.5 Å². The lowest BCUT2D eigenvalue weighted by Crippen LogP contribution is -2.39. The third-order valence-electron chi connectivity index (χ3n) is 4.03. The highest BCUT2D eigenvalue weighted by atomic mass is 16.2. The smallest absolute Gasteiger partial charge is 0.315 e. The van der Waals surface area contributed by atoms with Crippen LogP contribution in [-0.2, 0) is 20.0 Å². The second-order valence-electron chi connectivity index (χ2n) is 5.42. The normalized spacial score (nSPS) is 17.1. The van der Waals surface area contributed by atoms with E-state index in [1.54, 1.807) is 10.9 Å². The first-order valence-electron chi connectivity index (χ1n) is 7.33. The van der Waals surface area contributed by atoms with E-state index < -0.39 is 0 Å². The molecule has 2 N–H and O–H groups in total. The number of amides is 2. The van der Waals surface area contributed by atoms with Crippen LogP contribution in [0, 0.1) is 0 Å². The van der Waals surface area contributed by atoms with Gasteiger partial charge in [-0.05, 0) is 36.5 Å². The Morgan fingerprint density at radius 1 is 1.38 bits per heavy atom. The summed E-state index contributed by atoms with van der Waals surface area (Å²) in [6.45, 7) is 0.483. The van der Waals surface area contributed by atoms with Gasteiger partial charge in [-0.2, -0.15) is 5.10 Å². The van der Waals surface area contributed by atoms with Crippen molar-refractivity contribution in [3.63, 3.8) is 0 Å². The maximum atomic E-state index is 12.1. The van der Waals surface area contributed by atoms with Gasteiger partial charge >= 0.3 is 6.03 Å². The molecule has 21 heavy (non-hydrogen) atoms. The summed E-state index contributed by atoms with van der Waals surface area (Å²) in [5.74, 6) is 0. The lowest BCUT2D eigenvalue weighted by molar-refractivity contribution is 0.235. The van der Waals surface area contributed by atoms with Crippen molar-refractivity contribution in [2.75, 3.05) is 0 Å². The van der Waals surface area contributed by atoms with E-state index in [1.807, 2.05) is 19.2 Å². The zero-order chi connectivity index (χ0) is 14.7. The molecule has 1 aromatic carbocycles. The molecular weight excluding hydrogens is 264 g/mol. The van der Waals surface area contributed by atoms with Gasteiger partial charge in [0.2, 0.25) is 0 Å². The number of urea groups is 1. The highest BCUT2D eigenvalue weighted by Crippen LogP contribution is 2.29. The molecule has 0 fully saturated rings. The Morgan fingerprint density at radius 2 is 2.24 bits per heavy atom. The number of aromatic nitrogens is 2. The molecule has 110 valence electrons. The predicted molar refractivity (Wildman–Crippen MR) is 80.7 cm³/mol. The van der Waals surface area contributed by atoms with Gasteiger partial charge in [0.1, 0.15) is 0 Å². The quantitative estimate of drug-likeness (QED) is 0.908. The van der Waals surface area contributed by atoms with Crippen LogP contribution in [0.2, 0.25) is 0 Å². The van der Waals surface area contributed by atoms with Crippen molar-refractivity contribution in [1.82, 2.24) is 20.4 Å². The highest BCUT2D eigenvalue weighted by molar-refractivity contribution is 5.74. The minimum absolute atomic E-state index is 0.112. The summed E-state index contributed by atoms with van der Waals surface area (Å²) in [6, 6.07) is 10.2. The van der Waals surface area contributed by atoms with Crippen LogP contribution < -0.4 is 10.6 Å². The van der Waals surface area contributed by atoms with Crippen LogP contribution in [0.3, 0.4) is 0 Å². The summed E-state index contributed by atoms with van der Waals surface area (Å²) in [4.78, 5) is 12.1. The Morgan fingerprint density at radius 3 is 3.05 bits per heavy atom. The molecule has 0 radical (unpaired) electrons. The summed E-state index contributed by atoms with van der Waals surface area (Å²) >= 11 is 0. The van der Waals surface area contributed by atoms with E-state index in [0.29, 0.717) is 6.54 Å². The first-order chi connectivity index (χ1) is 10.2. The van der Waals surface area contributed by atoms with E-state index in [2.05, 4.69) is 33.9 Å². The fourth-order valence-electron chi connectivity index (χ4n) is 2.86. The van der Waals surface area contributed by atoms with Gasteiger partial charge in [-0.1, -0.05) is 24.3 Å². The van der Waals surface area contributed by atoms with Crippen molar-refractivity contribution >= 4 is 6.03 Å². The van der Waals surface area contributed by atoms with Crippen molar-refractivity contribution in [2.24, 2.45) is 7.05 Å². The van der Waals surface area contributed by atoms with Crippen molar-refractivity contribution in [3.05, 3.63) is 53.3 Å². The van der Waals surface area contributed by atoms with Gasteiger partial charge < -0.3 is 10.6 Å². The number of rotatable bonds is 3. The third-order valence-corrected chi connectivity index (χ3v) is 4.03. The Labute approximate surface area is 124 Å². The van der Waals surface area contributed by atoms with Gasteiger partial charge in [0.15, 0.2) is 0 Å². The standard InChI is InChI=1S/C16H20N4O/c1-20-13(9-10-18-20)11-17-16(21)19-15-8-4-6-12-5-2-3-7-14(12)15/h2-3,5,7,9-10,15H,4,6,8,11H2,1H3,(H2,17,19,21). The number of fused-ring (bicyclic) bond motifs is 1. The molecule has 1 aromatic heterocycles. The molecule has 1 atom stereocenters. The Balaban J connectivity index is 1.60.